The van der Waals surface area contributed by atoms with Gasteiger partial charge in [-0.15, -0.1) is 0 Å². The van der Waals surface area contributed by atoms with Crippen molar-refractivity contribution in [2.24, 2.45) is 0 Å². The molecule has 2 atom stereocenters. The van der Waals surface area contributed by atoms with Gasteiger partial charge in [0.25, 0.3) is 0 Å². The van der Waals surface area contributed by atoms with Crippen LogP contribution in [0.2, 0.25) is 0 Å². The van der Waals surface area contributed by atoms with Crippen molar-refractivity contribution >= 4 is 18.0 Å². The van der Waals surface area contributed by atoms with E-state index in [2.05, 4.69) is 34.9 Å². The van der Waals surface area contributed by atoms with E-state index in [0.717, 1.165) is 35.1 Å². The number of hydrogen-bond acceptors (Lipinski definition) is 5. The molecule has 0 fully saturated rings. The van der Waals surface area contributed by atoms with Gasteiger partial charge in [0, 0.05) is 24.9 Å². The number of carbonyl (C=O) groups is 3. The Balaban J connectivity index is 1.55. The Morgan fingerprint density at radius 1 is 1.00 bits per heavy atom. The number of carboxylic acids is 1. The van der Waals surface area contributed by atoms with Gasteiger partial charge in [0.1, 0.15) is 6.61 Å². The van der Waals surface area contributed by atoms with Crippen LogP contribution < -0.4 is 10.6 Å². The second kappa shape index (κ2) is 12.2. The number of fused-ring (bicyclic) bond motifs is 3. The zero-order valence-corrected chi connectivity index (χ0v) is 19.3. The molecule has 2 amide bonds. The van der Waals surface area contributed by atoms with E-state index in [0.29, 0.717) is 6.42 Å². The average molecular weight is 469 g/mol. The molecule has 2 aromatic carbocycles. The van der Waals surface area contributed by atoms with Crippen LogP contribution in [0.4, 0.5) is 4.79 Å². The summed E-state index contributed by atoms with van der Waals surface area (Å²) in [6.45, 7) is 2.05. The highest BCUT2D eigenvalue weighted by atomic mass is 16.5. The number of nitrogens with one attached hydrogen (secondary N) is 2. The summed E-state index contributed by atoms with van der Waals surface area (Å²) in [5.41, 5.74) is 4.54. The lowest BCUT2D eigenvalue weighted by Crippen LogP contribution is -2.41. The molecule has 3 rings (SSSR count). The predicted molar refractivity (Wildman–Crippen MR) is 127 cm³/mol. The van der Waals surface area contributed by atoms with E-state index in [1.54, 1.807) is 0 Å². The van der Waals surface area contributed by atoms with Gasteiger partial charge in [-0.2, -0.15) is 0 Å². The smallest absolute Gasteiger partial charge is 0.407 e. The molecule has 0 aromatic heterocycles. The number of aliphatic hydroxyl groups excluding tert-OH is 1. The molecule has 8 heteroatoms. The molecular weight excluding hydrogens is 436 g/mol. The van der Waals surface area contributed by atoms with Gasteiger partial charge in [0.05, 0.1) is 12.5 Å². The lowest BCUT2D eigenvalue weighted by molar-refractivity contribution is -0.139. The largest absolute Gasteiger partial charge is 0.481 e. The van der Waals surface area contributed by atoms with E-state index in [1.165, 1.54) is 0 Å². The molecule has 1 aliphatic rings. The first-order chi connectivity index (χ1) is 16.4. The number of ether oxygens (including phenoxy) is 1. The number of amides is 2. The topological polar surface area (TPSA) is 125 Å². The summed E-state index contributed by atoms with van der Waals surface area (Å²) >= 11 is 0. The molecule has 182 valence electrons. The van der Waals surface area contributed by atoms with Gasteiger partial charge in [0.15, 0.2) is 0 Å². The first-order valence-electron chi connectivity index (χ1n) is 11.7. The van der Waals surface area contributed by atoms with Crippen LogP contribution in [-0.4, -0.2) is 53.5 Å². The van der Waals surface area contributed by atoms with Gasteiger partial charge < -0.3 is 25.6 Å². The zero-order chi connectivity index (χ0) is 24.5. The van der Waals surface area contributed by atoms with Crippen LogP contribution in [-0.2, 0) is 14.3 Å². The molecule has 2 unspecified atom stereocenters. The minimum atomic E-state index is -1.16. The highest BCUT2D eigenvalue weighted by Gasteiger charge is 2.29. The van der Waals surface area contributed by atoms with E-state index in [-0.39, 0.29) is 31.4 Å². The first kappa shape index (κ1) is 25.2. The number of carbonyl (C=O) groups excluding carboxylic acids is 2. The summed E-state index contributed by atoms with van der Waals surface area (Å²) in [6.07, 6.45) is 0.158. The number of alkyl carbamates (subject to hydrolysis) is 1. The lowest BCUT2D eigenvalue weighted by atomic mass is 9.98. The van der Waals surface area contributed by atoms with Crippen molar-refractivity contribution in [3.05, 3.63) is 59.7 Å². The summed E-state index contributed by atoms with van der Waals surface area (Å²) in [6, 6.07) is 15.8. The van der Waals surface area contributed by atoms with Crippen molar-refractivity contribution < 1.29 is 29.3 Å². The molecule has 0 spiro atoms. The molecule has 0 aliphatic heterocycles. The maximum atomic E-state index is 12.6. The molecule has 2 aromatic rings. The number of unbranched alkanes of at least 4 members (excludes halogenated alkanes) is 1. The normalized spacial score (nSPS) is 13.9. The zero-order valence-electron chi connectivity index (χ0n) is 19.3. The molecule has 0 saturated carbocycles. The number of carboxylic acid groups (broad SMARTS) is 1. The number of aliphatic hydroxyl groups is 1. The Morgan fingerprint density at radius 2 is 1.62 bits per heavy atom. The van der Waals surface area contributed by atoms with Gasteiger partial charge in [-0.1, -0.05) is 68.3 Å². The highest BCUT2D eigenvalue weighted by Crippen LogP contribution is 2.44. The fraction of sp³-hybridized carbons (Fsp3) is 0.423. The molecule has 0 saturated heterocycles. The number of rotatable bonds is 12. The Bertz CT molecular complexity index is 963. The number of benzene rings is 2. The lowest BCUT2D eigenvalue weighted by Gasteiger charge is -2.20. The van der Waals surface area contributed by atoms with Gasteiger partial charge in [-0.3, -0.25) is 9.59 Å². The maximum Gasteiger partial charge on any atom is 0.407 e. The first-order valence-corrected chi connectivity index (χ1v) is 11.7. The van der Waals surface area contributed by atoms with Crippen molar-refractivity contribution in [1.29, 1.82) is 0 Å². The van der Waals surface area contributed by atoms with E-state index < -0.39 is 30.6 Å². The molecule has 0 bridgehead atoms. The van der Waals surface area contributed by atoms with Crippen LogP contribution in [0.3, 0.4) is 0 Å². The van der Waals surface area contributed by atoms with Crippen molar-refractivity contribution in [2.45, 2.75) is 57.1 Å². The predicted octanol–water partition coefficient (Wildman–Crippen LogP) is 3.43. The van der Waals surface area contributed by atoms with Crippen molar-refractivity contribution in [1.82, 2.24) is 10.6 Å². The summed E-state index contributed by atoms with van der Waals surface area (Å²) in [5, 5.41) is 23.6. The molecule has 0 heterocycles. The quantitative estimate of drug-likeness (QED) is 0.378. The van der Waals surface area contributed by atoms with Crippen LogP contribution in [0.15, 0.2) is 48.5 Å². The van der Waals surface area contributed by atoms with Crippen molar-refractivity contribution in [3.63, 3.8) is 0 Å². The molecule has 8 nitrogen and oxygen atoms in total. The van der Waals surface area contributed by atoms with Crippen molar-refractivity contribution in [3.8, 4) is 11.1 Å². The third-order valence-corrected chi connectivity index (χ3v) is 5.95. The Kier molecular flexibility index (Phi) is 9.04. The van der Waals surface area contributed by atoms with E-state index in [1.807, 2.05) is 31.2 Å². The fourth-order valence-electron chi connectivity index (χ4n) is 4.28. The molecule has 4 N–H and O–H groups in total. The van der Waals surface area contributed by atoms with E-state index >= 15 is 0 Å². The van der Waals surface area contributed by atoms with Gasteiger partial charge in [-0.05, 0) is 28.7 Å². The van der Waals surface area contributed by atoms with Crippen LogP contribution in [0.25, 0.3) is 11.1 Å². The van der Waals surface area contributed by atoms with Crippen LogP contribution in [0, 0.1) is 0 Å². The van der Waals surface area contributed by atoms with Gasteiger partial charge in [0.2, 0.25) is 5.91 Å². The fourth-order valence-corrected chi connectivity index (χ4v) is 4.28. The summed E-state index contributed by atoms with van der Waals surface area (Å²) in [7, 11) is 0. The molecule has 0 radical (unpaired) electrons. The SMILES string of the molecule is CCCCC(CC(=O)NCC(O)CC(=O)O)NC(=O)OCC1c2ccccc2-c2ccccc21. The van der Waals surface area contributed by atoms with Crippen LogP contribution in [0.1, 0.15) is 56.1 Å². The molecular formula is C26H32N2O6. The molecule has 34 heavy (non-hydrogen) atoms. The van der Waals surface area contributed by atoms with E-state index in [9.17, 15) is 19.5 Å². The Hall–Kier alpha value is -3.39. The van der Waals surface area contributed by atoms with Gasteiger partial charge in [-0.25, -0.2) is 4.79 Å². The second-order valence-electron chi connectivity index (χ2n) is 8.57. The summed E-state index contributed by atoms with van der Waals surface area (Å²) in [4.78, 5) is 35.5. The third-order valence-electron chi connectivity index (χ3n) is 5.95. The third kappa shape index (κ3) is 6.81. The van der Waals surface area contributed by atoms with Crippen LogP contribution >= 0.6 is 0 Å². The Morgan fingerprint density at radius 3 is 2.21 bits per heavy atom. The monoisotopic (exact) mass is 468 g/mol. The molecule has 1 aliphatic carbocycles. The van der Waals surface area contributed by atoms with Crippen molar-refractivity contribution in [2.75, 3.05) is 13.2 Å². The average Bonchev–Trinajstić information content (AvgIpc) is 3.13. The standard InChI is InChI=1S/C26H32N2O6/c1-2-3-8-17(13-24(30)27-15-18(29)14-25(31)32)28-26(33)34-16-23-21-11-6-4-9-19(21)20-10-5-7-12-22(20)23/h4-7,9-12,17-18,23,29H,2-3,8,13-16H2,1H3,(H,27,30)(H,28,33)(H,31,32). The highest BCUT2D eigenvalue weighted by molar-refractivity contribution is 5.79. The maximum absolute atomic E-state index is 12.6. The number of aliphatic carboxylic acids is 1. The van der Waals surface area contributed by atoms with Crippen LogP contribution in [0.5, 0.6) is 0 Å². The minimum Gasteiger partial charge on any atom is -0.481 e. The summed E-state index contributed by atoms with van der Waals surface area (Å²) < 4.78 is 5.59. The van der Waals surface area contributed by atoms with Gasteiger partial charge >= 0.3 is 12.1 Å². The Labute approximate surface area is 199 Å². The van der Waals surface area contributed by atoms with E-state index in [4.69, 9.17) is 9.84 Å². The number of hydrogen-bond donors (Lipinski definition) is 4. The minimum absolute atomic E-state index is 0.0178. The second-order valence-corrected chi connectivity index (χ2v) is 8.57. The summed E-state index contributed by atoms with van der Waals surface area (Å²) in [5.74, 6) is -1.56.